The summed E-state index contributed by atoms with van der Waals surface area (Å²) < 4.78 is 51.0. The van der Waals surface area contributed by atoms with Crippen molar-refractivity contribution in [1.29, 1.82) is 0 Å². The number of fused-ring (bicyclic) bond motifs is 1. The van der Waals surface area contributed by atoms with Crippen molar-refractivity contribution in [3.05, 3.63) is 42.5 Å². The molecule has 11 heteroatoms. The quantitative estimate of drug-likeness (QED) is 0.0842. The van der Waals surface area contributed by atoms with Crippen molar-refractivity contribution >= 4 is 11.4 Å². The van der Waals surface area contributed by atoms with Crippen LogP contribution in [0, 0.1) is 0 Å². The first kappa shape index (κ1) is 40.6. The van der Waals surface area contributed by atoms with E-state index in [0.29, 0.717) is 115 Å². The van der Waals surface area contributed by atoms with Gasteiger partial charge in [0, 0.05) is 12.7 Å². The molecule has 1 heterocycles. The lowest BCUT2D eigenvalue weighted by molar-refractivity contribution is 0.00708. The van der Waals surface area contributed by atoms with Crippen molar-refractivity contribution < 1.29 is 42.6 Å². The third-order valence-electron chi connectivity index (χ3n) is 7.64. The highest BCUT2D eigenvalue weighted by molar-refractivity contribution is 5.52. The lowest BCUT2D eigenvalue weighted by Crippen LogP contribution is -2.13. The average molecular weight is 689 g/mol. The zero-order chi connectivity index (χ0) is 34.3. The maximum atomic E-state index is 5.92. The van der Waals surface area contributed by atoms with E-state index in [1.807, 2.05) is 36.4 Å². The SMILES string of the molecule is CCCCCCCCCCCCOCCOCCOCCOc1ccc(N=Nc2ccc3c(c2)OCCOCCOCCOCCO3)cc1. The zero-order valence-electron chi connectivity index (χ0n) is 29.8. The number of azo groups is 1. The Morgan fingerprint density at radius 1 is 0.469 bits per heavy atom. The largest absolute Gasteiger partial charge is 0.491 e. The van der Waals surface area contributed by atoms with Crippen LogP contribution < -0.4 is 14.2 Å². The minimum atomic E-state index is 0.378. The van der Waals surface area contributed by atoms with E-state index in [1.54, 1.807) is 6.07 Å². The van der Waals surface area contributed by atoms with Crippen molar-refractivity contribution in [3.8, 4) is 17.2 Å². The first-order valence-corrected chi connectivity index (χ1v) is 18.4. The highest BCUT2D eigenvalue weighted by Gasteiger charge is 2.08. The van der Waals surface area contributed by atoms with Gasteiger partial charge in [-0.25, -0.2) is 0 Å². The number of ether oxygens (including phenoxy) is 9. The average Bonchev–Trinajstić information content (AvgIpc) is 3.13. The summed E-state index contributed by atoms with van der Waals surface area (Å²) in [5.41, 5.74) is 1.35. The molecule has 0 atom stereocenters. The summed E-state index contributed by atoms with van der Waals surface area (Å²) in [7, 11) is 0. The van der Waals surface area contributed by atoms with Crippen LogP contribution in [0.15, 0.2) is 52.7 Å². The van der Waals surface area contributed by atoms with E-state index < -0.39 is 0 Å². The standard InChI is InChI=1S/C38H60N2O9/c1-2-3-4-5-6-7-8-9-10-11-18-41-19-20-42-21-24-44-27-30-47-36-15-12-34(13-16-36)39-40-35-14-17-37-38(33-35)49-32-29-46-26-23-43-22-25-45-28-31-48-37/h12-17,33H,2-11,18-32H2,1H3. The molecule has 0 spiro atoms. The van der Waals surface area contributed by atoms with Gasteiger partial charge in [-0.1, -0.05) is 64.7 Å². The van der Waals surface area contributed by atoms with Crippen molar-refractivity contribution in [1.82, 2.24) is 0 Å². The first-order valence-electron chi connectivity index (χ1n) is 18.4. The van der Waals surface area contributed by atoms with Crippen LogP contribution in [0.2, 0.25) is 0 Å². The van der Waals surface area contributed by atoms with Gasteiger partial charge in [0.05, 0.1) is 84.1 Å². The second-order valence-corrected chi connectivity index (χ2v) is 11.7. The Bertz CT molecular complexity index is 1090. The second-order valence-electron chi connectivity index (χ2n) is 11.7. The van der Waals surface area contributed by atoms with E-state index in [-0.39, 0.29) is 0 Å². The molecule has 276 valence electrons. The number of benzene rings is 2. The van der Waals surface area contributed by atoms with Crippen molar-refractivity contribution in [2.24, 2.45) is 10.2 Å². The van der Waals surface area contributed by atoms with Gasteiger partial charge in [-0.3, -0.25) is 0 Å². The minimum absolute atomic E-state index is 0.378. The Morgan fingerprint density at radius 2 is 0.939 bits per heavy atom. The number of nitrogens with zero attached hydrogens (tertiary/aromatic N) is 2. The molecule has 0 unspecified atom stereocenters. The number of rotatable bonds is 23. The lowest BCUT2D eigenvalue weighted by atomic mass is 10.1. The van der Waals surface area contributed by atoms with Gasteiger partial charge < -0.3 is 42.6 Å². The monoisotopic (exact) mass is 688 g/mol. The Hall–Kier alpha value is -2.80. The predicted octanol–water partition coefficient (Wildman–Crippen LogP) is 8.27. The molecule has 0 aliphatic carbocycles. The van der Waals surface area contributed by atoms with Gasteiger partial charge in [-0.2, -0.15) is 10.2 Å². The Morgan fingerprint density at radius 3 is 1.55 bits per heavy atom. The third-order valence-corrected chi connectivity index (χ3v) is 7.64. The minimum Gasteiger partial charge on any atom is -0.491 e. The first-order chi connectivity index (χ1) is 24.3. The van der Waals surface area contributed by atoms with Crippen LogP contribution in [0.1, 0.15) is 71.1 Å². The summed E-state index contributed by atoms with van der Waals surface area (Å²) in [5, 5.41) is 8.74. The van der Waals surface area contributed by atoms with Crippen LogP contribution in [0.4, 0.5) is 11.4 Å². The molecule has 0 N–H and O–H groups in total. The normalized spacial score (nSPS) is 14.8. The molecule has 2 aromatic carbocycles. The van der Waals surface area contributed by atoms with E-state index >= 15 is 0 Å². The summed E-state index contributed by atoms with van der Waals surface area (Å²) >= 11 is 0. The highest BCUT2D eigenvalue weighted by atomic mass is 16.6. The molecule has 1 aliphatic rings. The molecule has 0 saturated heterocycles. The smallest absolute Gasteiger partial charge is 0.163 e. The van der Waals surface area contributed by atoms with Gasteiger partial charge in [0.25, 0.3) is 0 Å². The number of unbranched alkanes of at least 4 members (excludes halogenated alkanes) is 9. The lowest BCUT2D eigenvalue weighted by Gasteiger charge is -2.13. The molecule has 0 bridgehead atoms. The van der Waals surface area contributed by atoms with E-state index in [2.05, 4.69) is 17.2 Å². The maximum Gasteiger partial charge on any atom is 0.163 e. The van der Waals surface area contributed by atoms with Gasteiger partial charge in [0.2, 0.25) is 0 Å². The van der Waals surface area contributed by atoms with Gasteiger partial charge in [-0.05, 0) is 42.8 Å². The van der Waals surface area contributed by atoms with E-state index in [4.69, 9.17) is 42.6 Å². The number of hydrogen-bond donors (Lipinski definition) is 0. The third kappa shape index (κ3) is 21.1. The molecule has 49 heavy (non-hydrogen) atoms. The fourth-order valence-corrected chi connectivity index (χ4v) is 4.93. The van der Waals surface area contributed by atoms with Crippen LogP contribution in [0.5, 0.6) is 17.2 Å². The van der Waals surface area contributed by atoms with Crippen LogP contribution in [-0.2, 0) is 28.4 Å². The summed E-state index contributed by atoms with van der Waals surface area (Å²) in [6.07, 6.45) is 13.4. The van der Waals surface area contributed by atoms with E-state index in [9.17, 15) is 0 Å². The fraction of sp³-hybridized carbons (Fsp3) is 0.684. The maximum absolute atomic E-state index is 5.92. The number of hydrogen-bond acceptors (Lipinski definition) is 11. The van der Waals surface area contributed by atoms with Crippen molar-refractivity contribution in [2.75, 3.05) is 99.1 Å². The van der Waals surface area contributed by atoms with Crippen LogP contribution in [0.3, 0.4) is 0 Å². The zero-order valence-corrected chi connectivity index (χ0v) is 29.8. The van der Waals surface area contributed by atoms with Crippen LogP contribution in [-0.4, -0.2) is 99.1 Å². The summed E-state index contributed by atoms with van der Waals surface area (Å²) in [6, 6.07) is 12.9. The Labute approximate surface area is 293 Å². The second kappa shape index (κ2) is 29.0. The molecule has 0 fully saturated rings. The molecular formula is C38H60N2O9. The van der Waals surface area contributed by atoms with Crippen molar-refractivity contribution in [3.63, 3.8) is 0 Å². The van der Waals surface area contributed by atoms with Gasteiger partial charge in [0.1, 0.15) is 25.6 Å². The van der Waals surface area contributed by atoms with Crippen LogP contribution >= 0.6 is 0 Å². The van der Waals surface area contributed by atoms with E-state index in [1.165, 1.54) is 57.8 Å². The van der Waals surface area contributed by atoms with Gasteiger partial charge >= 0.3 is 0 Å². The molecule has 0 amide bonds. The molecule has 0 aromatic heterocycles. The molecular weight excluding hydrogens is 628 g/mol. The Kier molecular flexibility index (Phi) is 24.0. The topological polar surface area (TPSA) is 108 Å². The summed E-state index contributed by atoms with van der Waals surface area (Å²) in [4.78, 5) is 0. The summed E-state index contributed by atoms with van der Waals surface area (Å²) in [5.74, 6) is 1.93. The molecule has 11 nitrogen and oxygen atoms in total. The Balaban J connectivity index is 1.20. The molecule has 0 radical (unpaired) electrons. The molecule has 3 rings (SSSR count). The predicted molar refractivity (Wildman–Crippen MR) is 190 cm³/mol. The van der Waals surface area contributed by atoms with Gasteiger partial charge in [-0.15, -0.1) is 0 Å². The van der Waals surface area contributed by atoms with Crippen molar-refractivity contribution in [2.45, 2.75) is 71.1 Å². The summed E-state index contributed by atoms with van der Waals surface area (Å²) in [6.45, 7) is 10.1. The van der Waals surface area contributed by atoms with E-state index in [0.717, 1.165) is 18.8 Å². The molecule has 2 aromatic rings. The molecule has 1 aliphatic heterocycles. The highest BCUT2D eigenvalue weighted by Crippen LogP contribution is 2.33. The van der Waals surface area contributed by atoms with Gasteiger partial charge in [0.15, 0.2) is 11.5 Å². The molecule has 0 saturated carbocycles. The fourth-order valence-electron chi connectivity index (χ4n) is 4.93. The van der Waals surface area contributed by atoms with Crippen LogP contribution in [0.25, 0.3) is 0 Å².